The van der Waals surface area contributed by atoms with E-state index in [0.29, 0.717) is 5.54 Å². The van der Waals surface area contributed by atoms with Gasteiger partial charge in [0.05, 0.1) is 5.69 Å². The fourth-order valence-corrected chi connectivity index (χ4v) is 3.89. The van der Waals surface area contributed by atoms with Crippen molar-refractivity contribution in [3.63, 3.8) is 0 Å². The highest BCUT2D eigenvalue weighted by molar-refractivity contribution is 5.19. The third-order valence-corrected chi connectivity index (χ3v) is 5.00. The molecule has 1 aromatic rings. The average Bonchev–Trinajstić information content (AvgIpc) is 2.49. The standard InChI is InChI=1S/C17H27N3/c1-2-15-7-6-10-18-16(15)13-20-12-11-19-17(14-20)8-4-3-5-9-17/h6-7,10,19H,2-5,8-9,11-14H2,1H3. The van der Waals surface area contributed by atoms with Crippen LogP contribution >= 0.6 is 0 Å². The maximum Gasteiger partial charge on any atom is 0.0575 e. The summed E-state index contributed by atoms with van der Waals surface area (Å²) in [6.45, 7) is 6.73. The fourth-order valence-electron chi connectivity index (χ4n) is 3.89. The third-order valence-electron chi connectivity index (χ3n) is 5.00. The van der Waals surface area contributed by atoms with Crippen LogP contribution in [0.4, 0.5) is 0 Å². The van der Waals surface area contributed by atoms with Crippen LogP contribution in [0.15, 0.2) is 18.3 Å². The molecule has 0 amide bonds. The quantitative estimate of drug-likeness (QED) is 0.918. The predicted octanol–water partition coefficient (Wildman–Crippen LogP) is 2.75. The van der Waals surface area contributed by atoms with Gasteiger partial charge in [0, 0.05) is 37.9 Å². The molecule has 2 fully saturated rings. The Kier molecular flexibility index (Phi) is 4.37. The van der Waals surface area contributed by atoms with Gasteiger partial charge in [0.2, 0.25) is 0 Å². The summed E-state index contributed by atoms with van der Waals surface area (Å²) in [5, 5.41) is 3.82. The molecule has 1 saturated heterocycles. The van der Waals surface area contributed by atoms with Crippen molar-refractivity contribution < 1.29 is 0 Å². The Morgan fingerprint density at radius 2 is 2.15 bits per heavy atom. The first-order chi connectivity index (χ1) is 9.81. The van der Waals surface area contributed by atoms with E-state index < -0.39 is 0 Å². The minimum absolute atomic E-state index is 0.400. The van der Waals surface area contributed by atoms with Crippen LogP contribution in [0, 0.1) is 0 Å². The zero-order chi connectivity index (χ0) is 13.8. The van der Waals surface area contributed by atoms with E-state index >= 15 is 0 Å². The van der Waals surface area contributed by atoms with Crippen molar-refractivity contribution >= 4 is 0 Å². The van der Waals surface area contributed by atoms with Crippen molar-refractivity contribution in [3.8, 4) is 0 Å². The lowest BCUT2D eigenvalue weighted by molar-refractivity contribution is 0.0934. The van der Waals surface area contributed by atoms with Crippen LogP contribution in [-0.2, 0) is 13.0 Å². The summed E-state index contributed by atoms with van der Waals surface area (Å²) in [7, 11) is 0. The van der Waals surface area contributed by atoms with Gasteiger partial charge >= 0.3 is 0 Å². The molecule has 20 heavy (non-hydrogen) atoms. The number of rotatable bonds is 3. The lowest BCUT2D eigenvalue weighted by atomic mass is 9.80. The van der Waals surface area contributed by atoms with Crippen LogP contribution < -0.4 is 5.32 Å². The molecule has 3 nitrogen and oxygen atoms in total. The van der Waals surface area contributed by atoms with Gasteiger partial charge < -0.3 is 5.32 Å². The van der Waals surface area contributed by atoms with Crippen LogP contribution in [-0.4, -0.2) is 35.1 Å². The van der Waals surface area contributed by atoms with E-state index in [4.69, 9.17) is 0 Å². The van der Waals surface area contributed by atoms with Crippen LogP contribution in [0.3, 0.4) is 0 Å². The van der Waals surface area contributed by atoms with Crippen molar-refractivity contribution in [1.82, 2.24) is 15.2 Å². The Balaban J connectivity index is 1.68. The number of pyridine rings is 1. The second kappa shape index (κ2) is 6.23. The molecule has 0 radical (unpaired) electrons. The first kappa shape index (κ1) is 14.0. The fraction of sp³-hybridized carbons (Fsp3) is 0.706. The number of nitrogens with zero attached hydrogens (tertiary/aromatic N) is 2. The Morgan fingerprint density at radius 3 is 2.95 bits per heavy atom. The topological polar surface area (TPSA) is 28.2 Å². The van der Waals surface area contributed by atoms with E-state index in [-0.39, 0.29) is 0 Å². The monoisotopic (exact) mass is 273 g/mol. The van der Waals surface area contributed by atoms with E-state index in [1.54, 1.807) is 0 Å². The Bertz CT molecular complexity index is 432. The molecule has 3 rings (SSSR count). The normalized spacial score (nSPS) is 23.1. The molecular weight excluding hydrogens is 246 g/mol. The number of hydrogen-bond acceptors (Lipinski definition) is 3. The zero-order valence-electron chi connectivity index (χ0n) is 12.7. The van der Waals surface area contributed by atoms with E-state index in [2.05, 4.69) is 34.3 Å². The second-order valence-corrected chi connectivity index (χ2v) is 6.44. The maximum atomic E-state index is 4.62. The highest BCUT2D eigenvalue weighted by Crippen LogP contribution is 2.31. The number of nitrogens with one attached hydrogen (secondary N) is 1. The molecule has 1 N–H and O–H groups in total. The molecule has 0 bridgehead atoms. The summed E-state index contributed by atoms with van der Waals surface area (Å²) >= 11 is 0. The van der Waals surface area contributed by atoms with Crippen LogP contribution in [0.5, 0.6) is 0 Å². The summed E-state index contributed by atoms with van der Waals surface area (Å²) in [6, 6.07) is 4.28. The van der Waals surface area contributed by atoms with Gasteiger partial charge in [-0.1, -0.05) is 32.3 Å². The minimum Gasteiger partial charge on any atom is -0.309 e. The van der Waals surface area contributed by atoms with Gasteiger partial charge in [-0.3, -0.25) is 9.88 Å². The molecule has 1 spiro atoms. The van der Waals surface area contributed by atoms with E-state index in [0.717, 1.165) is 26.1 Å². The number of aryl methyl sites for hydroxylation is 1. The summed E-state index contributed by atoms with van der Waals surface area (Å²) in [5.41, 5.74) is 3.09. The maximum absolute atomic E-state index is 4.62. The van der Waals surface area contributed by atoms with Crippen molar-refractivity contribution in [1.29, 1.82) is 0 Å². The third kappa shape index (κ3) is 3.04. The van der Waals surface area contributed by atoms with Crippen LogP contribution in [0.25, 0.3) is 0 Å². The molecule has 110 valence electrons. The van der Waals surface area contributed by atoms with Gasteiger partial charge in [0.25, 0.3) is 0 Å². The molecule has 1 aromatic heterocycles. The first-order valence-corrected chi connectivity index (χ1v) is 8.21. The molecule has 2 heterocycles. The van der Waals surface area contributed by atoms with Gasteiger partial charge in [-0.2, -0.15) is 0 Å². The highest BCUT2D eigenvalue weighted by Gasteiger charge is 2.36. The molecule has 2 aliphatic rings. The molecule has 1 aliphatic carbocycles. The van der Waals surface area contributed by atoms with Gasteiger partial charge in [-0.05, 0) is 30.9 Å². The first-order valence-electron chi connectivity index (χ1n) is 8.21. The molecule has 1 saturated carbocycles. The number of aromatic nitrogens is 1. The molecular formula is C17H27N3. The predicted molar refractivity (Wildman–Crippen MR) is 82.7 cm³/mol. The summed E-state index contributed by atoms with van der Waals surface area (Å²) in [6.07, 6.45) is 9.94. The number of piperazine rings is 1. The van der Waals surface area contributed by atoms with Crippen LogP contribution in [0.2, 0.25) is 0 Å². The average molecular weight is 273 g/mol. The van der Waals surface area contributed by atoms with E-state index in [1.165, 1.54) is 49.9 Å². The van der Waals surface area contributed by atoms with Gasteiger partial charge in [-0.25, -0.2) is 0 Å². The number of hydrogen-bond donors (Lipinski definition) is 1. The van der Waals surface area contributed by atoms with E-state index in [1.807, 2.05) is 6.20 Å². The van der Waals surface area contributed by atoms with Crippen LogP contribution in [0.1, 0.15) is 50.3 Å². The largest absolute Gasteiger partial charge is 0.309 e. The smallest absolute Gasteiger partial charge is 0.0575 e. The van der Waals surface area contributed by atoms with Crippen molar-refractivity contribution in [2.75, 3.05) is 19.6 Å². The molecule has 0 atom stereocenters. The van der Waals surface area contributed by atoms with E-state index in [9.17, 15) is 0 Å². The Morgan fingerprint density at radius 1 is 1.30 bits per heavy atom. The Labute approximate surface area is 122 Å². The van der Waals surface area contributed by atoms with Crippen molar-refractivity contribution in [2.45, 2.75) is 57.5 Å². The molecule has 3 heteroatoms. The minimum atomic E-state index is 0.400. The van der Waals surface area contributed by atoms with Crippen molar-refractivity contribution in [3.05, 3.63) is 29.6 Å². The second-order valence-electron chi connectivity index (χ2n) is 6.44. The lowest BCUT2D eigenvalue weighted by Gasteiger charge is -2.46. The summed E-state index contributed by atoms with van der Waals surface area (Å²) < 4.78 is 0. The van der Waals surface area contributed by atoms with Gasteiger partial charge in [0.1, 0.15) is 0 Å². The summed E-state index contributed by atoms with van der Waals surface area (Å²) in [5.74, 6) is 0. The van der Waals surface area contributed by atoms with Crippen molar-refractivity contribution in [2.24, 2.45) is 0 Å². The highest BCUT2D eigenvalue weighted by atomic mass is 15.2. The van der Waals surface area contributed by atoms with Gasteiger partial charge in [0.15, 0.2) is 0 Å². The molecule has 0 aromatic carbocycles. The summed E-state index contributed by atoms with van der Waals surface area (Å²) in [4.78, 5) is 7.23. The zero-order valence-corrected chi connectivity index (χ0v) is 12.7. The molecule has 1 aliphatic heterocycles. The lowest BCUT2D eigenvalue weighted by Crippen LogP contribution is -2.60. The molecule has 0 unspecified atom stereocenters. The van der Waals surface area contributed by atoms with Gasteiger partial charge in [-0.15, -0.1) is 0 Å². The Hall–Kier alpha value is -0.930. The SMILES string of the molecule is CCc1cccnc1CN1CCNC2(CCCCC2)C1.